The lowest BCUT2D eigenvalue weighted by atomic mass is 10.0. The summed E-state index contributed by atoms with van der Waals surface area (Å²) in [4.78, 5) is 15.6. The highest BCUT2D eigenvalue weighted by molar-refractivity contribution is 7.26. The van der Waals surface area contributed by atoms with Gasteiger partial charge in [0.1, 0.15) is 0 Å². The Balaban J connectivity index is 1.06. The molecular weight excluding hydrogens is 715 g/mol. The van der Waals surface area contributed by atoms with Gasteiger partial charge in [-0.05, 0) is 53.6 Å². The molecule has 0 amide bonds. The van der Waals surface area contributed by atoms with Crippen LogP contribution in [0.2, 0.25) is 0 Å². The van der Waals surface area contributed by atoms with Crippen LogP contribution in [0, 0.1) is 0 Å². The normalized spacial score (nSPS) is 11.9. The van der Waals surface area contributed by atoms with E-state index in [-0.39, 0.29) is 0 Å². The van der Waals surface area contributed by atoms with Crippen LogP contribution in [0.4, 0.5) is 0 Å². The first kappa shape index (κ1) is 31.9. The van der Waals surface area contributed by atoms with Crippen LogP contribution >= 0.6 is 11.3 Å². The van der Waals surface area contributed by atoms with E-state index in [4.69, 9.17) is 15.0 Å². The van der Waals surface area contributed by atoms with Crippen molar-refractivity contribution in [2.24, 2.45) is 0 Å². The number of nitrogens with zero attached hydrogens (tertiary/aromatic N) is 5. The number of rotatable bonds is 5. The van der Waals surface area contributed by atoms with Gasteiger partial charge in [-0.3, -0.25) is 4.57 Å². The van der Waals surface area contributed by atoms with Gasteiger partial charge >= 0.3 is 0 Å². The molecule has 4 aromatic heterocycles. The molecule has 0 aliphatic carbocycles. The van der Waals surface area contributed by atoms with E-state index in [1.807, 2.05) is 29.5 Å². The Labute approximate surface area is 331 Å². The fraction of sp³-hybridized carbons (Fsp3) is 0. The molecule has 12 rings (SSSR count). The zero-order chi connectivity index (χ0) is 37.5. The summed E-state index contributed by atoms with van der Waals surface area (Å²) in [5.74, 6) is 1.85. The van der Waals surface area contributed by atoms with Crippen molar-refractivity contribution in [2.45, 2.75) is 0 Å². The van der Waals surface area contributed by atoms with Gasteiger partial charge in [-0.1, -0.05) is 146 Å². The molecule has 0 atom stereocenters. The molecule has 0 aliphatic rings. The number of para-hydroxylation sites is 3. The van der Waals surface area contributed by atoms with E-state index in [0.717, 1.165) is 32.9 Å². The highest BCUT2D eigenvalue weighted by atomic mass is 32.1. The Bertz CT molecular complexity index is 3470. The van der Waals surface area contributed by atoms with Crippen molar-refractivity contribution in [3.63, 3.8) is 0 Å². The molecule has 266 valence electrons. The van der Waals surface area contributed by atoms with Crippen molar-refractivity contribution in [3.8, 4) is 45.5 Å². The average molecular weight is 746 g/mol. The number of fused-ring (bicyclic) bond motifs is 9. The van der Waals surface area contributed by atoms with Crippen LogP contribution in [0.3, 0.4) is 0 Å². The van der Waals surface area contributed by atoms with E-state index < -0.39 is 0 Å². The Morgan fingerprint density at radius 2 is 0.877 bits per heavy atom. The number of thiophene rings is 1. The smallest absolute Gasteiger partial charge is 0.238 e. The zero-order valence-electron chi connectivity index (χ0n) is 30.5. The molecular formula is C51H31N5S. The second-order valence-electron chi connectivity index (χ2n) is 14.4. The molecule has 0 fully saturated rings. The quantitative estimate of drug-likeness (QED) is 0.176. The molecule has 6 heteroatoms. The van der Waals surface area contributed by atoms with Gasteiger partial charge in [-0.25, -0.2) is 4.98 Å². The summed E-state index contributed by atoms with van der Waals surface area (Å²) in [6, 6.07) is 66.6. The van der Waals surface area contributed by atoms with Gasteiger partial charge in [0.25, 0.3) is 0 Å². The summed E-state index contributed by atoms with van der Waals surface area (Å²) in [5.41, 5.74) is 9.93. The van der Waals surface area contributed by atoms with Gasteiger partial charge in [0.05, 0.1) is 32.5 Å². The molecule has 5 nitrogen and oxygen atoms in total. The van der Waals surface area contributed by atoms with Crippen LogP contribution in [-0.2, 0) is 0 Å². The summed E-state index contributed by atoms with van der Waals surface area (Å²) in [6.45, 7) is 0. The molecule has 0 bridgehead atoms. The van der Waals surface area contributed by atoms with Crippen molar-refractivity contribution >= 4 is 75.1 Å². The van der Waals surface area contributed by atoms with E-state index in [2.05, 4.69) is 179 Å². The largest absolute Gasteiger partial charge is 0.308 e. The predicted octanol–water partition coefficient (Wildman–Crippen LogP) is 13.4. The summed E-state index contributed by atoms with van der Waals surface area (Å²) in [5, 5.41) is 7.28. The van der Waals surface area contributed by atoms with Crippen LogP contribution in [0.5, 0.6) is 0 Å². The van der Waals surface area contributed by atoms with Crippen molar-refractivity contribution < 1.29 is 0 Å². The fourth-order valence-electron chi connectivity index (χ4n) is 8.59. The minimum absolute atomic E-state index is 0.586. The molecule has 0 unspecified atom stereocenters. The molecule has 0 saturated carbocycles. The summed E-state index contributed by atoms with van der Waals surface area (Å²) < 4.78 is 7.04. The molecule has 0 radical (unpaired) electrons. The van der Waals surface area contributed by atoms with Gasteiger partial charge in [0.2, 0.25) is 5.95 Å². The van der Waals surface area contributed by atoms with Crippen LogP contribution in [0.15, 0.2) is 188 Å². The monoisotopic (exact) mass is 745 g/mol. The molecule has 0 saturated heterocycles. The molecule has 4 heterocycles. The Kier molecular flexibility index (Phi) is 7.03. The van der Waals surface area contributed by atoms with Gasteiger partial charge in [-0.15, -0.1) is 11.3 Å². The highest BCUT2D eigenvalue weighted by Crippen LogP contribution is 2.42. The molecule has 0 spiro atoms. The van der Waals surface area contributed by atoms with Gasteiger partial charge in [-0.2, -0.15) is 9.97 Å². The van der Waals surface area contributed by atoms with E-state index in [9.17, 15) is 0 Å². The van der Waals surface area contributed by atoms with Crippen molar-refractivity contribution in [3.05, 3.63) is 188 Å². The van der Waals surface area contributed by atoms with Crippen LogP contribution < -0.4 is 0 Å². The number of hydrogen-bond donors (Lipinski definition) is 0. The first-order valence-electron chi connectivity index (χ1n) is 19.1. The van der Waals surface area contributed by atoms with Crippen LogP contribution in [0.25, 0.3) is 109 Å². The van der Waals surface area contributed by atoms with Gasteiger partial charge in [0.15, 0.2) is 11.6 Å². The van der Waals surface area contributed by atoms with Crippen LogP contribution in [-0.4, -0.2) is 24.1 Å². The predicted molar refractivity (Wildman–Crippen MR) is 238 cm³/mol. The zero-order valence-corrected chi connectivity index (χ0v) is 31.4. The molecule has 8 aromatic carbocycles. The van der Waals surface area contributed by atoms with E-state index in [1.165, 1.54) is 58.8 Å². The standard InChI is InChI=1S/C51H31N5S/c1-3-14-32(15-4-1)34-27-29-45-41(30-34)38-20-9-12-24-44(38)56(45)51-53-49(33-16-5-2-6-17-33)52-50(54-51)35-26-28-39-40-21-13-25-46(48(40)57-47(39)31-35)55-42-22-10-7-18-36(42)37-19-8-11-23-43(37)55/h1-31H. The number of benzene rings is 8. The second-order valence-corrected chi connectivity index (χ2v) is 15.5. The van der Waals surface area contributed by atoms with E-state index in [0.29, 0.717) is 17.6 Å². The maximum Gasteiger partial charge on any atom is 0.238 e. The first-order chi connectivity index (χ1) is 28.3. The van der Waals surface area contributed by atoms with Crippen molar-refractivity contribution in [1.29, 1.82) is 0 Å². The Morgan fingerprint density at radius 3 is 1.58 bits per heavy atom. The molecule has 12 aromatic rings. The highest BCUT2D eigenvalue weighted by Gasteiger charge is 2.20. The van der Waals surface area contributed by atoms with Crippen molar-refractivity contribution in [2.75, 3.05) is 0 Å². The van der Waals surface area contributed by atoms with E-state index in [1.54, 1.807) is 0 Å². The fourth-order valence-corrected chi connectivity index (χ4v) is 9.84. The van der Waals surface area contributed by atoms with Crippen LogP contribution in [0.1, 0.15) is 0 Å². The minimum atomic E-state index is 0.586. The minimum Gasteiger partial charge on any atom is -0.308 e. The molecule has 0 N–H and O–H groups in total. The molecule has 0 aliphatic heterocycles. The maximum absolute atomic E-state index is 5.28. The first-order valence-corrected chi connectivity index (χ1v) is 19.9. The number of aromatic nitrogens is 5. The summed E-state index contributed by atoms with van der Waals surface area (Å²) in [7, 11) is 0. The third-order valence-electron chi connectivity index (χ3n) is 11.2. The van der Waals surface area contributed by atoms with E-state index >= 15 is 0 Å². The Hall–Kier alpha value is -7.41. The SMILES string of the molecule is c1ccc(-c2ccc3c(c2)c2ccccc2n3-c2nc(-c3ccccc3)nc(-c3ccc4c(c3)sc3c(-n5c6ccccc6c6ccccc65)cccc34)n2)cc1. The van der Waals surface area contributed by atoms with Gasteiger partial charge in [0, 0.05) is 48.1 Å². The maximum atomic E-state index is 5.28. The van der Waals surface area contributed by atoms with Crippen molar-refractivity contribution in [1.82, 2.24) is 24.1 Å². The summed E-state index contributed by atoms with van der Waals surface area (Å²) in [6.07, 6.45) is 0. The van der Waals surface area contributed by atoms with Gasteiger partial charge < -0.3 is 4.57 Å². The number of hydrogen-bond acceptors (Lipinski definition) is 4. The summed E-state index contributed by atoms with van der Waals surface area (Å²) >= 11 is 1.82. The lowest BCUT2D eigenvalue weighted by Crippen LogP contribution is -2.06. The lowest BCUT2D eigenvalue weighted by Gasteiger charge is -2.11. The lowest BCUT2D eigenvalue weighted by molar-refractivity contribution is 0.954. The average Bonchev–Trinajstić information content (AvgIpc) is 3.94. The third kappa shape index (κ3) is 4.98. The molecule has 57 heavy (non-hydrogen) atoms. The Morgan fingerprint density at radius 1 is 0.333 bits per heavy atom. The third-order valence-corrected chi connectivity index (χ3v) is 12.4. The topological polar surface area (TPSA) is 48.5 Å². The second kappa shape index (κ2) is 12.6.